The van der Waals surface area contributed by atoms with Crippen molar-refractivity contribution in [2.75, 3.05) is 26.8 Å². The number of benzene rings is 1. The number of hydrogen-bond donors (Lipinski definition) is 2. The van der Waals surface area contributed by atoms with Gasteiger partial charge in [0, 0.05) is 6.54 Å². The number of carbonyl (C=O) groups excluding carboxylic acids is 1. The van der Waals surface area contributed by atoms with Crippen molar-refractivity contribution in [3.63, 3.8) is 0 Å². The van der Waals surface area contributed by atoms with E-state index < -0.39 is 6.09 Å². The van der Waals surface area contributed by atoms with Crippen LogP contribution in [-0.2, 0) is 11.3 Å². The molecule has 2 N–H and O–H groups in total. The largest absolute Gasteiger partial charge is 0.493 e. The van der Waals surface area contributed by atoms with Crippen LogP contribution in [0.25, 0.3) is 0 Å². The first-order valence-corrected chi connectivity index (χ1v) is 7.16. The molecule has 1 fully saturated rings. The zero-order valence-electron chi connectivity index (χ0n) is 12.1. The number of cyclic esters (lactones) is 1. The quantitative estimate of drug-likeness (QED) is 0.805. The van der Waals surface area contributed by atoms with Crippen LogP contribution in [0.2, 0.25) is 5.02 Å². The van der Waals surface area contributed by atoms with Gasteiger partial charge in [-0.15, -0.1) is 0 Å². The summed E-state index contributed by atoms with van der Waals surface area (Å²) in [6.07, 6.45) is -0.748. The Labute approximate surface area is 128 Å². The molecule has 0 aliphatic carbocycles. The molecule has 6 nitrogen and oxygen atoms in total. The minimum Gasteiger partial charge on any atom is -0.493 e. The highest BCUT2D eigenvalue weighted by molar-refractivity contribution is 6.32. The molecule has 0 bridgehead atoms. The first-order chi connectivity index (χ1) is 10.1. The fraction of sp³-hybridized carbons (Fsp3) is 0.500. The van der Waals surface area contributed by atoms with E-state index in [1.54, 1.807) is 7.11 Å². The van der Waals surface area contributed by atoms with Crippen molar-refractivity contribution >= 4 is 17.7 Å². The van der Waals surface area contributed by atoms with Crippen molar-refractivity contribution in [2.24, 2.45) is 0 Å². The van der Waals surface area contributed by atoms with Crippen LogP contribution in [0, 0.1) is 0 Å². The predicted octanol–water partition coefficient (Wildman–Crippen LogP) is 1.95. The minimum atomic E-state index is -0.428. The topological polar surface area (TPSA) is 68.8 Å². The van der Waals surface area contributed by atoms with Crippen LogP contribution in [0.15, 0.2) is 12.1 Å². The molecule has 1 aromatic rings. The molecule has 2 rings (SSSR count). The summed E-state index contributed by atoms with van der Waals surface area (Å²) < 4.78 is 16.0. The smallest absolute Gasteiger partial charge is 0.407 e. The summed E-state index contributed by atoms with van der Waals surface area (Å²) in [5.41, 5.74) is 1.01. The number of alkyl carbamates (subject to hydrolysis) is 1. The van der Waals surface area contributed by atoms with E-state index in [0.29, 0.717) is 29.6 Å². The lowest BCUT2D eigenvalue weighted by molar-refractivity contribution is 0.103. The third-order valence-corrected chi connectivity index (χ3v) is 3.31. The summed E-state index contributed by atoms with van der Waals surface area (Å²) in [4.78, 5) is 11.0. The maximum absolute atomic E-state index is 11.0. The number of nitrogens with one attached hydrogen (secondary N) is 2. The van der Waals surface area contributed by atoms with E-state index in [4.69, 9.17) is 25.8 Å². The van der Waals surface area contributed by atoms with Crippen molar-refractivity contribution in [3.05, 3.63) is 22.7 Å². The normalized spacial score (nSPS) is 17.3. The fourth-order valence-corrected chi connectivity index (χ4v) is 2.27. The lowest BCUT2D eigenvalue weighted by Crippen LogP contribution is -2.22. The third-order valence-electron chi connectivity index (χ3n) is 3.03. The Morgan fingerprint density at radius 2 is 2.33 bits per heavy atom. The van der Waals surface area contributed by atoms with Crippen molar-refractivity contribution in [3.8, 4) is 11.5 Å². The molecule has 1 unspecified atom stereocenters. The Hall–Kier alpha value is -1.66. The molecule has 1 saturated heterocycles. The molecule has 21 heavy (non-hydrogen) atoms. The van der Waals surface area contributed by atoms with Crippen LogP contribution < -0.4 is 20.1 Å². The Morgan fingerprint density at radius 3 is 2.95 bits per heavy atom. The van der Waals surface area contributed by atoms with Crippen molar-refractivity contribution in [1.82, 2.24) is 10.6 Å². The molecule has 7 heteroatoms. The van der Waals surface area contributed by atoms with Gasteiger partial charge >= 0.3 is 6.09 Å². The number of carbonyl (C=O) groups is 1. The standard InChI is InChI=1S/C14H19ClN2O4/c1-3-16-6-9-4-11(15)13(12(5-9)19-2)20-8-10-7-17-14(18)21-10/h4-5,10,16H,3,6-8H2,1-2H3,(H,17,18). The molecule has 0 saturated carbocycles. The second-order valence-corrected chi connectivity index (χ2v) is 5.02. The van der Waals surface area contributed by atoms with E-state index >= 15 is 0 Å². The maximum Gasteiger partial charge on any atom is 0.407 e. The van der Waals surface area contributed by atoms with Gasteiger partial charge in [0.25, 0.3) is 0 Å². The highest BCUT2D eigenvalue weighted by atomic mass is 35.5. The van der Waals surface area contributed by atoms with E-state index in [9.17, 15) is 4.79 Å². The lowest BCUT2D eigenvalue weighted by atomic mass is 10.2. The van der Waals surface area contributed by atoms with E-state index in [-0.39, 0.29) is 12.7 Å². The van der Waals surface area contributed by atoms with Crippen LogP contribution >= 0.6 is 11.6 Å². The van der Waals surface area contributed by atoms with Gasteiger partial charge in [-0.3, -0.25) is 0 Å². The highest BCUT2D eigenvalue weighted by Gasteiger charge is 2.24. The summed E-state index contributed by atoms with van der Waals surface area (Å²) in [5.74, 6) is 1.02. The van der Waals surface area contributed by atoms with Gasteiger partial charge in [0.15, 0.2) is 17.6 Å². The fourth-order valence-electron chi connectivity index (χ4n) is 1.99. The summed E-state index contributed by atoms with van der Waals surface area (Å²) in [6, 6.07) is 3.71. The molecule has 1 aliphatic heterocycles. The second-order valence-electron chi connectivity index (χ2n) is 4.61. The van der Waals surface area contributed by atoms with Gasteiger partial charge in [0.1, 0.15) is 6.61 Å². The van der Waals surface area contributed by atoms with Gasteiger partial charge in [-0.05, 0) is 24.2 Å². The van der Waals surface area contributed by atoms with Gasteiger partial charge in [-0.2, -0.15) is 0 Å². The number of amides is 1. The Bertz CT molecular complexity index is 510. The number of methoxy groups -OCH3 is 1. The molecule has 1 amide bonds. The molecule has 1 aromatic carbocycles. The summed E-state index contributed by atoms with van der Waals surface area (Å²) in [6.45, 7) is 4.27. The van der Waals surface area contributed by atoms with Crippen molar-refractivity contribution in [2.45, 2.75) is 19.6 Å². The van der Waals surface area contributed by atoms with Gasteiger partial charge < -0.3 is 24.8 Å². The van der Waals surface area contributed by atoms with Crippen LogP contribution in [0.4, 0.5) is 4.79 Å². The SMILES string of the molecule is CCNCc1cc(Cl)c(OCC2CNC(=O)O2)c(OC)c1. The van der Waals surface area contributed by atoms with E-state index in [1.807, 2.05) is 19.1 Å². The zero-order chi connectivity index (χ0) is 15.2. The minimum absolute atomic E-state index is 0.224. The van der Waals surface area contributed by atoms with E-state index in [0.717, 1.165) is 12.1 Å². The number of halogens is 1. The number of rotatable bonds is 7. The predicted molar refractivity (Wildman–Crippen MR) is 79.2 cm³/mol. The molecular weight excluding hydrogens is 296 g/mol. The van der Waals surface area contributed by atoms with Crippen molar-refractivity contribution < 1.29 is 19.0 Å². The first kappa shape index (κ1) is 15.7. The van der Waals surface area contributed by atoms with Crippen LogP contribution in [0.1, 0.15) is 12.5 Å². The highest BCUT2D eigenvalue weighted by Crippen LogP contribution is 2.36. The zero-order valence-corrected chi connectivity index (χ0v) is 12.8. The van der Waals surface area contributed by atoms with Gasteiger partial charge in [-0.25, -0.2) is 4.79 Å². The molecule has 0 radical (unpaired) electrons. The van der Waals surface area contributed by atoms with Gasteiger partial charge in [0.05, 0.1) is 18.7 Å². The Morgan fingerprint density at radius 1 is 1.52 bits per heavy atom. The van der Waals surface area contributed by atoms with Gasteiger partial charge in [-0.1, -0.05) is 18.5 Å². The molecule has 0 spiro atoms. The maximum atomic E-state index is 11.0. The molecule has 1 atom stereocenters. The molecular formula is C14H19ClN2O4. The summed E-state index contributed by atoms with van der Waals surface area (Å²) in [7, 11) is 1.56. The van der Waals surface area contributed by atoms with Crippen LogP contribution in [-0.4, -0.2) is 39.0 Å². The number of hydrogen-bond acceptors (Lipinski definition) is 5. The molecule has 1 heterocycles. The monoisotopic (exact) mass is 314 g/mol. The molecule has 0 aromatic heterocycles. The average Bonchev–Trinajstić information content (AvgIpc) is 2.89. The second kappa shape index (κ2) is 7.38. The molecule has 1 aliphatic rings. The van der Waals surface area contributed by atoms with E-state index in [1.165, 1.54) is 0 Å². The molecule has 116 valence electrons. The average molecular weight is 315 g/mol. The van der Waals surface area contributed by atoms with Crippen molar-refractivity contribution in [1.29, 1.82) is 0 Å². The Balaban J connectivity index is 2.05. The number of ether oxygens (including phenoxy) is 3. The van der Waals surface area contributed by atoms with Crippen LogP contribution in [0.5, 0.6) is 11.5 Å². The van der Waals surface area contributed by atoms with Gasteiger partial charge in [0.2, 0.25) is 0 Å². The third kappa shape index (κ3) is 4.15. The summed E-state index contributed by atoms with van der Waals surface area (Å²) >= 11 is 6.25. The lowest BCUT2D eigenvalue weighted by Gasteiger charge is -2.16. The van der Waals surface area contributed by atoms with Crippen LogP contribution in [0.3, 0.4) is 0 Å². The first-order valence-electron chi connectivity index (χ1n) is 6.78. The summed E-state index contributed by atoms with van der Waals surface area (Å²) in [5, 5.41) is 6.26. The van der Waals surface area contributed by atoms with E-state index in [2.05, 4.69) is 10.6 Å². The Kier molecular flexibility index (Phi) is 5.52.